The predicted molar refractivity (Wildman–Crippen MR) is 56.5 cm³/mol. The van der Waals surface area contributed by atoms with Gasteiger partial charge in [-0.2, -0.15) is 0 Å². The maximum Gasteiger partial charge on any atom is 0.358 e. The van der Waals surface area contributed by atoms with Crippen molar-refractivity contribution in [3.63, 3.8) is 0 Å². The Balaban J connectivity index is 2.88. The Labute approximate surface area is 87.1 Å². The maximum atomic E-state index is 11.4. The predicted octanol–water partition coefficient (Wildman–Crippen LogP) is 1.85. The third-order valence-corrected chi connectivity index (χ3v) is 2.60. The van der Waals surface area contributed by atoms with Crippen LogP contribution in [0.2, 0.25) is 0 Å². The molecule has 0 unspecified atom stereocenters. The number of carbonyl (C=O) groups is 1. The molecule has 1 heterocycles. The average Bonchev–Trinajstić information content (AvgIpc) is 2.48. The van der Waals surface area contributed by atoms with Crippen molar-refractivity contribution in [2.24, 2.45) is 0 Å². The standard InChI is InChI=1S/C9H14N2O2S/c1-3-5-6-7(8(12)13-4-2)11-9(10)14-6/h3-5H2,1-2H3,(H2,10,11). The number of anilines is 1. The molecule has 1 rings (SSSR count). The van der Waals surface area contributed by atoms with E-state index in [-0.39, 0.29) is 5.97 Å². The molecule has 78 valence electrons. The van der Waals surface area contributed by atoms with Gasteiger partial charge in [0.15, 0.2) is 10.8 Å². The molecule has 4 nitrogen and oxygen atoms in total. The summed E-state index contributed by atoms with van der Waals surface area (Å²) < 4.78 is 4.88. The number of hydrogen-bond acceptors (Lipinski definition) is 5. The van der Waals surface area contributed by atoms with Gasteiger partial charge < -0.3 is 10.5 Å². The van der Waals surface area contributed by atoms with Crippen LogP contribution >= 0.6 is 11.3 Å². The Kier molecular flexibility index (Phi) is 3.88. The zero-order chi connectivity index (χ0) is 10.6. The van der Waals surface area contributed by atoms with Crippen LogP contribution in [-0.2, 0) is 11.2 Å². The molecule has 1 aromatic heterocycles. The van der Waals surface area contributed by atoms with Gasteiger partial charge in [0.05, 0.1) is 6.61 Å². The molecule has 0 aliphatic heterocycles. The highest BCUT2D eigenvalue weighted by molar-refractivity contribution is 7.15. The third kappa shape index (κ3) is 2.45. The number of rotatable bonds is 4. The molecular formula is C9H14N2O2S. The van der Waals surface area contributed by atoms with E-state index in [2.05, 4.69) is 4.98 Å². The average molecular weight is 214 g/mol. The summed E-state index contributed by atoms with van der Waals surface area (Å²) in [5, 5.41) is 0.427. The Hall–Kier alpha value is -1.10. The molecule has 0 spiro atoms. The number of thiazole rings is 1. The molecule has 0 aliphatic carbocycles. The lowest BCUT2D eigenvalue weighted by Gasteiger charge is -1.99. The first-order valence-corrected chi connectivity index (χ1v) is 5.43. The Morgan fingerprint density at radius 3 is 2.86 bits per heavy atom. The SMILES string of the molecule is CCCc1sc(N)nc1C(=O)OCC. The third-order valence-electron chi connectivity index (χ3n) is 1.66. The van der Waals surface area contributed by atoms with Crippen LogP contribution in [0.5, 0.6) is 0 Å². The van der Waals surface area contributed by atoms with E-state index >= 15 is 0 Å². The summed E-state index contributed by atoms with van der Waals surface area (Å²) in [6, 6.07) is 0. The van der Waals surface area contributed by atoms with Crippen molar-refractivity contribution >= 4 is 22.4 Å². The molecular weight excluding hydrogens is 200 g/mol. The lowest BCUT2D eigenvalue weighted by molar-refractivity contribution is 0.0519. The molecule has 0 saturated heterocycles. The number of nitrogens with two attached hydrogens (primary N) is 1. The van der Waals surface area contributed by atoms with Crippen molar-refractivity contribution < 1.29 is 9.53 Å². The minimum atomic E-state index is -0.371. The van der Waals surface area contributed by atoms with E-state index in [1.54, 1.807) is 6.92 Å². The van der Waals surface area contributed by atoms with Crippen LogP contribution in [0.1, 0.15) is 35.6 Å². The molecule has 14 heavy (non-hydrogen) atoms. The fraction of sp³-hybridized carbons (Fsp3) is 0.556. The van der Waals surface area contributed by atoms with E-state index in [4.69, 9.17) is 10.5 Å². The van der Waals surface area contributed by atoms with Crippen molar-refractivity contribution in [1.29, 1.82) is 0 Å². The largest absolute Gasteiger partial charge is 0.461 e. The molecule has 0 saturated carbocycles. The van der Waals surface area contributed by atoms with Crippen LogP contribution in [0.4, 0.5) is 5.13 Å². The Bertz CT molecular complexity index is 323. The van der Waals surface area contributed by atoms with E-state index in [1.807, 2.05) is 6.92 Å². The van der Waals surface area contributed by atoms with Gasteiger partial charge in [0.1, 0.15) is 0 Å². The van der Waals surface area contributed by atoms with Gasteiger partial charge in [0.2, 0.25) is 0 Å². The summed E-state index contributed by atoms with van der Waals surface area (Å²) in [7, 11) is 0. The van der Waals surface area contributed by atoms with Gasteiger partial charge >= 0.3 is 5.97 Å². The molecule has 0 radical (unpaired) electrons. The number of carbonyl (C=O) groups excluding carboxylic acids is 1. The van der Waals surface area contributed by atoms with Crippen LogP contribution in [-0.4, -0.2) is 17.6 Å². The number of aromatic nitrogens is 1. The molecule has 0 bridgehead atoms. The quantitative estimate of drug-likeness (QED) is 0.777. The van der Waals surface area contributed by atoms with Gasteiger partial charge in [0.25, 0.3) is 0 Å². The van der Waals surface area contributed by atoms with Crippen molar-refractivity contribution in [2.45, 2.75) is 26.7 Å². The molecule has 0 aromatic carbocycles. The zero-order valence-corrected chi connectivity index (χ0v) is 9.19. The summed E-state index contributed by atoms with van der Waals surface area (Å²) in [5.74, 6) is -0.371. The molecule has 0 amide bonds. The number of nitrogens with zero attached hydrogens (tertiary/aromatic N) is 1. The number of aryl methyl sites for hydroxylation is 1. The molecule has 0 atom stereocenters. The summed E-state index contributed by atoms with van der Waals surface area (Å²) >= 11 is 1.36. The van der Waals surface area contributed by atoms with Crippen LogP contribution in [0, 0.1) is 0 Å². The topological polar surface area (TPSA) is 65.2 Å². The lowest BCUT2D eigenvalue weighted by atomic mass is 10.2. The summed E-state index contributed by atoms with van der Waals surface area (Å²) in [4.78, 5) is 16.3. The van der Waals surface area contributed by atoms with Crippen LogP contribution in [0.3, 0.4) is 0 Å². The van der Waals surface area contributed by atoms with E-state index in [0.29, 0.717) is 17.4 Å². The highest BCUT2D eigenvalue weighted by Gasteiger charge is 2.17. The van der Waals surface area contributed by atoms with Crippen LogP contribution in [0.15, 0.2) is 0 Å². The van der Waals surface area contributed by atoms with Gasteiger partial charge in [-0.15, -0.1) is 11.3 Å². The minimum Gasteiger partial charge on any atom is -0.461 e. The Morgan fingerprint density at radius 2 is 2.29 bits per heavy atom. The van der Waals surface area contributed by atoms with Crippen molar-refractivity contribution in [2.75, 3.05) is 12.3 Å². The van der Waals surface area contributed by atoms with E-state index in [1.165, 1.54) is 11.3 Å². The number of nitrogen functional groups attached to an aromatic ring is 1. The summed E-state index contributed by atoms with van der Waals surface area (Å²) in [6.07, 6.45) is 1.79. The van der Waals surface area contributed by atoms with Crippen molar-refractivity contribution in [1.82, 2.24) is 4.98 Å². The van der Waals surface area contributed by atoms with Gasteiger partial charge in [0, 0.05) is 4.88 Å². The molecule has 0 fully saturated rings. The van der Waals surface area contributed by atoms with Crippen molar-refractivity contribution in [3.05, 3.63) is 10.6 Å². The van der Waals surface area contributed by atoms with Crippen LogP contribution < -0.4 is 5.73 Å². The fourth-order valence-corrected chi connectivity index (χ4v) is 2.05. The highest BCUT2D eigenvalue weighted by Crippen LogP contribution is 2.22. The van der Waals surface area contributed by atoms with E-state index < -0.39 is 0 Å². The Morgan fingerprint density at radius 1 is 1.57 bits per heavy atom. The lowest BCUT2D eigenvalue weighted by Crippen LogP contribution is -2.07. The second-order valence-electron chi connectivity index (χ2n) is 2.79. The molecule has 0 aliphatic rings. The first kappa shape index (κ1) is 11.0. The van der Waals surface area contributed by atoms with E-state index in [9.17, 15) is 4.79 Å². The van der Waals surface area contributed by atoms with Gasteiger partial charge in [-0.05, 0) is 13.3 Å². The molecule has 1 aromatic rings. The second-order valence-corrected chi connectivity index (χ2v) is 3.91. The molecule has 2 N–H and O–H groups in total. The van der Waals surface area contributed by atoms with Crippen LogP contribution in [0.25, 0.3) is 0 Å². The minimum absolute atomic E-state index is 0.363. The number of hydrogen-bond donors (Lipinski definition) is 1. The summed E-state index contributed by atoms with van der Waals surface area (Å²) in [5.41, 5.74) is 5.93. The van der Waals surface area contributed by atoms with Crippen molar-refractivity contribution in [3.8, 4) is 0 Å². The van der Waals surface area contributed by atoms with Gasteiger partial charge in [-0.3, -0.25) is 0 Å². The first-order valence-electron chi connectivity index (χ1n) is 4.61. The second kappa shape index (κ2) is 4.95. The summed E-state index contributed by atoms with van der Waals surface area (Å²) in [6.45, 7) is 4.18. The first-order chi connectivity index (χ1) is 6.69. The van der Waals surface area contributed by atoms with Gasteiger partial charge in [-0.1, -0.05) is 13.3 Å². The normalized spacial score (nSPS) is 10.1. The zero-order valence-electron chi connectivity index (χ0n) is 8.37. The highest BCUT2D eigenvalue weighted by atomic mass is 32.1. The molecule has 5 heteroatoms. The fourth-order valence-electron chi connectivity index (χ4n) is 1.13. The van der Waals surface area contributed by atoms with E-state index in [0.717, 1.165) is 17.7 Å². The van der Waals surface area contributed by atoms with Gasteiger partial charge in [-0.25, -0.2) is 9.78 Å². The smallest absolute Gasteiger partial charge is 0.358 e. The monoisotopic (exact) mass is 214 g/mol. The number of esters is 1. The maximum absolute atomic E-state index is 11.4. The number of ether oxygens (including phenoxy) is 1.